The summed E-state index contributed by atoms with van der Waals surface area (Å²) in [4.78, 5) is 0. The standard InChI is InChI=1S/C18H29N/c1-14(2)19-13-18(3,4)11-10-15-8-9-16-6-5-7-17(16)12-15/h8-9,12,14,19H,5-7,10-11,13H2,1-4H3. The van der Waals surface area contributed by atoms with E-state index in [0.29, 0.717) is 11.5 Å². The second kappa shape index (κ2) is 6.09. The predicted molar refractivity (Wildman–Crippen MR) is 83.7 cm³/mol. The minimum Gasteiger partial charge on any atom is -0.314 e. The van der Waals surface area contributed by atoms with Gasteiger partial charge in [0.25, 0.3) is 0 Å². The van der Waals surface area contributed by atoms with Crippen LogP contribution in [0.1, 0.15) is 57.2 Å². The van der Waals surface area contributed by atoms with Crippen molar-refractivity contribution in [1.82, 2.24) is 5.32 Å². The summed E-state index contributed by atoms with van der Waals surface area (Å²) in [6.07, 6.45) is 6.40. The summed E-state index contributed by atoms with van der Waals surface area (Å²) in [5, 5.41) is 3.56. The van der Waals surface area contributed by atoms with Gasteiger partial charge in [-0.3, -0.25) is 0 Å². The van der Waals surface area contributed by atoms with Crippen LogP contribution in [0.25, 0.3) is 0 Å². The van der Waals surface area contributed by atoms with Gasteiger partial charge < -0.3 is 5.32 Å². The SMILES string of the molecule is CC(C)NCC(C)(C)CCc1ccc2c(c1)CCC2. The highest BCUT2D eigenvalue weighted by atomic mass is 14.9. The summed E-state index contributed by atoms with van der Waals surface area (Å²) in [6.45, 7) is 10.3. The summed E-state index contributed by atoms with van der Waals surface area (Å²) in [7, 11) is 0. The molecule has 0 unspecified atom stereocenters. The fourth-order valence-electron chi connectivity index (χ4n) is 2.83. The molecule has 19 heavy (non-hydrogen) atoms. The number of fused-ring (bicyclic) bond motifs is 1. The Hall–Kier alpha value is -0.820. The molecule has 106 valence electrons. The number of benzene rings is 1. The molecule has 0 fully saturated rings. The van der Waals surface area contributed by atoms with Crippen molar-refractivity contribution in [3.8, 4) is 0 Å². The maximum atomic E-state index is 3.56. The fraction of sp³-hybridized carbons (Fsp3) is 0.667. The first-order valence-corrected chi connectivity index (χ1v) is 7.80. The van der Waals surface area contributed by atoms with E-state index in [0.717, 1.165) is 6.54 Å². The average Bonchev–Trinajstić information content (AvgIpc) is 2.81. The molecule has 1 aliphatic rings. The van der Waals surface area contributed by atoms with Crippen LogP contribution in [0.2, 0.25) is 0 Å². The smallest absolute Gasteiger partial charge is 0.00106 e. The Morgan fingerprint density at radius 3 is 2.63 bits per heavy atom. The molecule has 1 heteroatoms. The number of hydrogen-bond acceptors (Lipinski definition) is 1. The molecule has 0 amide bonds. The van der Waals surface area contributed by atoms with E-state index >= 15 is 0 Å². The molecule has 0 atom stereocenters. The quantitative estimate of drug-likeness (QED) is 0.810. The van der Waals surface area contributed by atoms with Crippen molar-refractivity contribution in [2.75, 3.05) is 6.54 Å². The van der Waals surface area contributed by atoms with Crippen LogP contribution in [0.3, 0.4) is 0 Å². The van der Waals surface area contributed by atoms with E-state index in [1.165, 1.54) is 37.7 Å². The first-order valence-electron chi connectivity index (χ1n) is 7.80. The van der Waals surface area contributed by atoms with Gasteiger partial charge in [-0.05, 0) is 54.2 Å². The van der Waals surface area contributed by atoms with Gasteiger partial charge in [-0.25, -0.2) is 0 Å². The van der Waals surface area contributed by atoms with Crippen LogP contribution in [-0.2, 0) is 19.3 Å². The van der Waals surface area contributed by atoms with Gasteiger partial charge >= 0.3 is 0 Å². The minimum atomic E-state index is 0.378. The topological polar surface area (TPSA) is 12.0 Å². The molecule has 0 aliphatic heterocycles. The van der Waals surface area contributed by atoms with E-state index in [4.69, 9.17) is 0 Å². The van der Waals surface area contributed by atoms with Crippen LogP contribution >= 0.6 is 0 Å². The van der Waals surface area contributed by atoms with Crippen molar-refractivity contribution >= 4 is 0 Å². The Bertz CT molecular complexity index is 418. The van der Waals surface area contributed by atoms with Crippen molar-refractivity contribution in [3.05, 3.63) is 34.9 Å². The second-order valence-corrected chi connectivity index (χ2v) is 7.16. The van der Waals surface area contributed by atoms with Gasteiger partial charge in [-0.1, -0.05) is 45.9 Å². The number of aryl methyl sites for hydroxylation is 3. The number of nitrogens with one attached hydrogen (secondary N) is 1. The molecule has 1 nitrogen and oxygen atoms in total. The van der Waals surface area contributed by atoms with E-state index in [2.05, 4.69) is 51.2 Å². The Kier molecular flexibility index (Phi) is 4.67. The van der Waals surface area contributed by atoms with E-state index in [-0.39, 0.29) is 0 Å². The highest BCUT2D eigenvalue weighted by Crippen LogP contribution is 2.26. The molecule has 0 saturated heterocycles. The van der Waals surface area contributed by atoms with Crippen LogP contribution in [0.5, 0.6) is 0 Å². The summed E-state index contributed by atoms with van der Waals surface area (Å²) in [6, 6.07) is 7.74. The zero-order valence-electron chi connectivity index (χ0n) is 13.1. The Balaban J connectivity index is 1.87. The molecule has 0 bridgehead atoms. The van der Waals surface area contributed by atoms with Crippen LogP contribution < -0.4 is 5.32 Å². The second-order valence-electron chi connectivity index (χ2n) is 7.16. The van der Waals surface area contributed by atoms with Gasteiger partial charge in [0.15, 0.2) is 0 Å². The average molecular weight is 259 g/mol. The molecular formula is C18H29N. The molecule has 0 heterocycles. The third-order valence-corrected chi connectivity index (χ3v) is 4.24. The van der Waals surface area contributed by atoms with E-state index in [9.17, 15) is 0 Å². The van der Waals surface area contributed by atoms with Crippen molar-refractivity contribution in [2.45, 2.75) is 65.8 Å². The Morgan fingerprint density at radius 1 is 1.16 bits per heavy atom. The molecule has 0 aromatic heterocycles. The maximum absolute atomic E-state index is 3.56. The molecule has 1 aromatic rings. The lowest BCUT2D eigenvalue weighted by atomic mass is 9.85. The Morgan fingerprint density at radius 2 is 1.89 bits per heavy atom. The highest BCUT2D eigenvalue weighted by Gasteiger charge is 2.18. The van der Waals surface area contributed by atoms with Crippen LogP contribution in [0.4, 0.5) is 0 Å². The molecule has 1 N–H and O–H groups in total. The molecule has 0 saturated carbocycles. The van der Waals surface area contributed by atoms with Crippen molar-refractivity contribution in [2.24, 2.45) is 5.41 Å². The largest absolute Gasteiger partial charge is 0.314 e. The van der Waals surface area contributed by atoms with Crippen LogP contribution in [-0.4, -0.2) is 12.6 Å². The fourth-order valence-corrected chi connectivity index (χ4v) is 2.83. The first kappa shape index (κ1) is 14.6. The normalized spacial score (nSPS) is 15.0. The van der Waals surface area contributed by atoms with E-state index in [1.54, 1.807) is 11.1 Å². The minimum absolute atomic E-state index is 0.378. The summed E-state index contributed by atoms with van der Waals surface area (Å²) in [5.41, 5.74) is 5.10. The van der Waals surface area contributed by atoms with Gasteiger partial charge in [0.2, 0.25) is 0 Å². The zero-order valence-corrected chi connectivity index (χ0v) is 13.1. The van der Waals surface area contributed by atoms with Crippen LogP contribution in [0, 0.1) is 5.41 Å². The molecule has 2 rings (SSSR count). The van der Waals surface area contributed by atoms with Crippen LogP contribution in [0.15, 0.2) is 18.2 Å². The molecule has 1 aliphatic carbocycles. The van der Waals surface area contributed by atoms with Gasteiger partial charge in [0.05, 0.1) is 0 Å². The highest BCUT2D eigenvalue weighted by molar-refractivity contribution is 5.35. The van der Waals surface area contributed by atoms with Gasteiger partial charge in [-0.15, -0.1) is 0 Å². The van der Waals surface area contributed by atoms with Gasteiger partial charge in [0.1, 0.15) is 0 Å². The van der Waals surface area contributed by atoms with Crippen molar-refractivity contribution in [3.63, 3.8) is 0 Å². The lowest BCUT2D eigenvalue weighted by Gasteiger charge is -2.26. The monoisotopic (exact) mass is 259 g/mol. The first-order chi connectivity index (χ1) is 8.96. The summed E-state index contributed by atoms with van der Waals surface area (Å²) in [5.74, 6) is 0. The van der Waals surface area contributed by atoms with Crippen molar-refractivity contribution < 1.29 is 0 Å². The summed E-state index contributed by atoms with van der Waals surface area (Å²) >= 11 is 0. The maximum Gasteiger partial charge on any atom is 0.00106 e. The molecule has 0 radical (unpaired) electrons. The van der Waals surface area contributed by atoms with E-state index < -0.39 is 0 Å². The van der Waals surface area contributed by atoms with E-state index in [1.807, 2.05) is 0 Å². The summed E-state index contributed by atoms with van der Waals surface area (Å²) < 4.78 is 0. The lowest BCUT2D eigenvalue weighted by Crippen LogP contribution is -2.34. The predicted octanol–water partition coefficient (Wildman–Crippen LogP) is 4.13. The third kappa shape index (κ3) is 4.35. The zero-order chi connectivity index (χ0) is 13.9. The third-order valence-electron chi connectivity index (χ3n) is 4.24. The lowest BCUT2D eigenvalue weighted by molar-refractivity contribution is 0.304. The molecular weight excluding hydrogens is 230 g/mol. The van der Waals surface area contributed by atoms with Crippen molar-refractivity contribution in [1.29, 1.82) is 0 Å². The number of hydrogen-bond donors (Lipinski definition) is 1. The Labute approximate surface area is 118 Å². The van der Waals surface area contributed by atoms with Gasteiger partial charge in [0, 0.05) is 12.6 Å². The molecule has 1 aromatic carbocycles. The van der Waals surface area contributed by atoms with Gasteiger partial charge in [-0.2, -0.15) is 0 Å². The molecule has 0 spiro atoms. The number of rotatable bonds is 6.